The van der Waals surface area contributed by atoms with E-state index in [9.17, 15) is 9.18 Å². The minimum atomic E-state index is -0.276. The van der Waals surface area contributed by atoms with Crippen molar-refractivity contribution in [3.05, 3.63) is 48.0 Å². The number of pyridine rings is 1. The van der Waals surface area contributed by atoms with E-state index in [0.717, 1.165) is 35.2 Å². The van der Waals surface area contributed by atoms with E-state index >= 15 is 0 Å². The predicted octanol–water partition coefficient (Wildman–Crippen LogP) is 2.61. The van der Waals surface area contributed by atoms with Crippen molar-refractivity contribution in [2.24, 2.45) is 0 Å². The normalized spacial score (nSPS) is 11.3. The van der Waals surface area contributed by atoms with Crippen LogP contribution in [0.5, 0.6) is 0 Å². The average molecular weight is 369 g/mol. The number of nitrogens with zero attached hydrogens (tertiary/aromatic N) is 4. The number of hydrogen-bond acceptors (Lipinski definition) is 4. The molecule has 2 aromatic heterocycles. The monoisotopic (exact) mass is 369 g/mol. The number of aryl methyl sites for hydroxylation is 1. The zero-order valence-corrected chi connectivity index (χ0v) is 15.9. The van der Waals surface area contributed by atoms with Crippen molar-refractivity contribution in [2.75, 3.05) is 27.2 Å². The van der Waals surface area contributed by atoms with E-state index in [2.05, 4.69) is 20.3 Å². The quantitative estimate of drug-likeness (QED) is 0.651. The van der Waals surface area contributed by atoms with Crippen molar-refractivity contribution in [2.45, 2.75) is 19.9 Å². The van der Waals surface area contributed by atoms with Gasteiger partial charge in [0, 0.05) is 18.1 Å². The fraction of sp³-hybridized carbons (Fsp3) is 0.350. The molecule has 0 bridgehead atoms. The molecule has 3 aromatic rings. The lowest BCUT2D eigenvalue weighted by atomic mass is 10.0. The van der Waals surface area contributed by atoms with Crippen LogP contribution in [-0.2, 0) is 11.3 Å². The fourth-order valence-electron chi connectivity index (χ4n) is 3.08. The smallest absolute Gasteiger partial charge is 0.241 e. The Morgan fingerprint density at radius 3 is 2.67 bits per heavy atom. The summed E-state index contributed by atoms with van der Waals surface area (Å²) in [5.74, 6) is -0.366. The lowest BCUT2D eigenvalue weighted by Gasteiger charge is -2.10. The maximum Gasteiger partial charge on any atom is 0.241 e. The van der Waals surface area contributed by atoms with Gasteiger partial charge in [0.25, 0.3) is 0 Å². The van der Waals surface area contributed by atoms with Gasteiger partial charge in [-0.15, -0.1) is 0 Å². The van der Waals surface area contributed by atoms with Crippen LogP contribution in [0.4, 0.5) is 4.39 Å². The van der Waals surface area contributed by atoms with Crippen LogP contribution in [0.1, 0.15) is 12.1 Å². The molecule has 1 aromatic carbocycles. The number of carbonyl (C=O) groups is 1. The molecule has 27 heavy (non-hydrogen) atoms. The van der Waals surface area contributed by atoms with Crippen molar-refractivity contribution in [1.29, 1.82) is 0 Å². The van der Waals surface area contributed by atoms with E-state index in [0.29, 0.717) is 12.2 Å². The average Bonchev–Trinajstić information content (AvgIpc) is 2.95. The third-order valence-electron chi connectivity index (χ3n) is 4.36. The summed E-state index contributed by atoms with van der Waals surface area (Å²) in [6.07, 6.45) is 2.58. The van der Waals surface area contributed by atoms with E-state index in [-0.39, 0.29) is 18.3 Å². The number of fused-ring (bicyclic) bond motifs is 1. The van der Waals surface area contributed by atoms with Crippen molar-refractivity contribution in [1.82, 2.24) is 25.0 Å². The van der Waals surface area contributed by atoms with Gasteiger partial charge in [0.05, 0.1) is 5.69 Å². The molecular weight excluding hydrogens is 345 g/mol. The molecule has 7 heteroatoms. The maximum atomic E-state index is 13.2. The van der Waals surface area contributed by atoms with E-state index in [1.807, 2.05) is 27.1 Å². The van der Waals surface area contributed by atoms with Gasteiger partial charge in [0.15, 0.2) is 5.65 Å². The van der Waals surface area contributed by atoms with Gasteiger partial charge in [-0.25, -0.2) is 14.1 Å². The molecule has 0 atom stereocenters. The van der Waals surface area contributed by atoms with Crippen LogP contribution in [0.3, 0.4) is 0 Å². The second kappa shape index (κ2) is 8.26. The second-order valence-corrected chi connectivity index (χ2v) is 6.81. The molecule has 1 N–H and O–H groups in total. The third-order valence-corrected chi connectivity index (χ3v) is 4.36. The number of halogens is 1. The van der Waals surface area contributed by atoms with Crippen molar-refractivity contribution in [3.8, 4) is 11.1 Å². The van der Waals surface area contributed by atoms with Crippen LogP contribution in [0.25, 0.3) is 22.2 Å². The lowest BCUT2D eigenvalue weighted by molar-refractivity contribution is -0.121. The number of rotatable bonds is 7. The van der Waals surface area contributed by atoms with Gasteiger partial charge in [-0.3, -0.25) is 4.79 Å². The number of hydrogen-bond donors (Lipinski definition) is 1. The first kappa shape index (κ1) is 19.0. The van der Waals surface area contributed by atoms with E-state index in [4.69, 9.17) is 0 Å². The number of benzene rings is 1. The topological polar surface area (TPSA) is 63.1 Å². The largest absolute Gasteiger partial charge is 0.354 e. The molecule has 0 saturated heterocycles. The summed E-state index contributed by atoms with van der Waals surface area (Å²) in [4.78, 5) is 18.7. The summed E-state index contributed by atoms with van der Waals surface area (Å²) in [5.41, 5.74) is 3.25. The van der Waals surface area contributed by atoms with Crippen LogP contribution < -0.4 is 5.32 Å². The highest BCUT2D eigenvalue weighted by molar-refractivity contribution is 5.95. The Balaban J connectivity index is 1.81. The molecule has 0 aliphatic heterocycles. The molecule has 2 heterocycles. The molecule has 0 radical (unpaired) electrons. The number of aromatic nitrogens is 3. The molecule has 6 nitrogen and oxygen atoms in total. The Morgan fingerprint density at radius 2 is 1.96 bits per heavy atom. The highest BCUT2D eigenvalue weighted by Gasteiger charge is 2.15. The molecule has 142 valence electrons. The van der Waals surface area contributed by atoms with Crippen molar-refractivity contribution >= 4 is 16.9 Å². The summed E-state index contributed by atoms with van der Waals surface area (Å²) in [5, 5.41) is 8.30. The van der Waals surface area contributed by atoms with Gasteiger partial charge in [-0.2, -0.15) is 5.10 Å². The van der Waals surface area contributed by atoms with Crippen LogP contribution in [0.2, 0.25) is 0 Å². The van der Waals surface area contributed by atoms with Crippen LogP contribution >= 0.6 is 0 Å². The minimum Gasteiger partial charge on any atom is -0.354 e. The summed E-state index contributed by atoms with van der Waals surface area (Å²) in [6.45, 7) is 3.56. The van der Waals surface area contributed by atoms with Gasteiger partial charge in [-0.1, -0.05) is 12.1 Å². The first-order chi connectivity index (χ1) is 13.0. The summed E-state index contributed by atoms with van der Waals surface area (Å²) >= 11 is 0. The minimum absolute atomic E-state index is 0.0906. The van der Waals surface area contributed by atoms with Crippen LogP contribution in [0.15, 0.2) is 36.5 Å². The highest BCUT2D eigenvalue weighted by atomic mass is 19.1. The summed E-state index contributed by atoms with van der Waals surface area (Å²) in [7, 11) is 4.01. The van der Waals surface area contributed by atoms with E-state index < -0.39 is 0 Å². The predicted molar refractivity (Wildman–Crippen MR) is 104 cm³/mol. The Hall–Kier alpha value is -2.80. The second-order valence-electron chi connectivity index (χ2n) is 6.81. The maximum absolute atomic E-state index is 13.2. The third kappa shape index (κ3) is 4.49. The molecule has 0 fully saturated rings. The Labute approximate surface area is 158 Å². The molecule has 0 unspecified atom stereocenters. The fourth-order valence-corrected chi connectivity index (χ4v) is 3.08. The summed E-state index contributed by atoms with van der Waals surface area (Å²) < 4.78 is 14.9. The zero-order chi connectivity index (χ0) is 19.4. The molecule has 1 amide bonds. The molecule has 0 aliphatic rings. The zero-order valence-electron chi connectivity index (χ0n) is 15.9. The Morgan fingerprint density at radius 1 is 1.22 bits per heavy atom. The number of nitrogens with one attached hydrogen (secondary N) is 1. The lowest BCUT2D eigenvalue weighted by Crippen LogP contribution is -2.30. The first-order valence-electron chi connectivity index (χ1n) is 8.95. The van der Waals surface area contributed by atoms with Crippen LogP contribution in [-0.4, -0.2) is 52.8 Å². The van der Waals surface area contributed by atoms with Crippen molar-refractivity contribution < 1.29 is 9.18 Å². The SMILES string of the molecule is Cc1nn(CC(=O)NCCCN(C)C)c2nccc(-c3ccc(F)cc3)c12. The summed E-state index contributed by atoms with van der Waals surface area (Å²) in [6, 6.07) is 8.22. The van der Waals surface area contributed by atoms with E-state index in [1.54, 1.807) is 23.0 Å². The highest BCUT2D eigenvalue weighted by Crippen LogP contribution is 2.29. The molecule has 0 aliphatic carbocycles. The first-order valence-corrected chi connectivity index (χ1v) is 8.95. The molecule has 0 spiro atoms. The van der Waals surface area contributed by atoms with Gasteiger partial charge in [-0.05, 0) is 63.3 Å². The number of amides is 1. The Bertz CT molecular complexity index is 933. The Kier molecular flexibility index (Phi) is 5.81. The molecule has 0 saturated carbocycles. The van der Waals surface area contributed by atoms with E-state index in [1.165, 1.54) is 12.1 Å². The van der Waals surface area contributed by atoms with Gasteiger partial charge in [0.1, 0.15) is 12.4 Å². The van der Waals surface area contributed by atoms with Gasteiger partial charge in [0.2, 0.25) is 5.91 Å². The molecular formula is C20H24FN5O. The van der Waals surface area contributed by atoms with Gasteiger partial charge >= 0.3 is 0 Å². The standard InChI is InChI=1S/C20H24FN5O/c1-14-19-17(15-5-7-16(21)8-6-15)9-11-23-20(19)26(24-14)13-18(27)22-10-4-12-25(2)3/h5-9,11H,4,10,12-13H2,1-3H3,(H,22,27). The number of carbonyl (C=O) groups excluding carboxylic acids is 1. The van der Waals surface area contributed by atoms with Gasteiger partial charge < -0.3 is 10.2 Å². The van der Waals surface area contributed by atoms with Crippen LogP contribution in [0, 0.1) is 12.7 Å². The van der Waals surface area contributed by atoms with Crippen molar-refractivity contribution in [3.63, 3.8) is 0 Å². The molecule has 3 rings (SSSR count).